The van der Waals surface area contributed by atoms with E-state index in [2.05, 4.69) is 20.4 Å². The molecule has 6 nitrogen and oxygen atoms in total. The normalized spacial score (nSPS) is 13.8. The molecule has 0 bridgehead atoms. The minimum atomic E-state index is -0.280. The van der Waals surface area contributed by atoms with Crippen LogP contribution >= 0.6 is 11.3 Å². The lowest BCUT2D eigenvalue weighted by Gasteiger charge is -2.01. The number of hydrogen-bond donors (Lipinski definition) is 1. The van der Waals surface area contributed by atoms with E-state index in [0.717, 1.165) is 29.0 Å². The maximum absolute atomic E-state index is 13.2. The number of anilines is 1. The van der Waals surface area contributed by atoms with E-state index in [-0.39, 0.29) is 11.7 Å². The Balaban J connectivity index is 1.41. The summed E-state index contributed by atoms with van der Waals surface area (Å²) in [5.74, 6) is -0.0699. The molecule has 0 radical (unpaired) electrons. The van der Waals surface area contributed by atoms with Crippen LogP contribution in [0.4, 0.5) is 9.52 Å². The molecule has 1 saturated carbocycles. The molecule has 1 aliphatic carbocycles. The van der Waals surface area contributed by atoms with Crippen molar-refractivity contribution in [2.24, 2.45) is 0 Å². The Bertz CT molecular complexity index is 1160. The second kappa shape index (κ2) is 6.79. The van der Waals surface area contributed by atoms with E-state index < -0.39 is 0 Å². The van der Waals surface area contributed by atoms with Crippen LogP contribution < -0.4 is 5.32 Å². The van der Waals surface area contributed by atoms with Crippen molar-refractivity contribution in [3.63, 3.8) is 0 Å². The summed E-state index contributed by atoms with van der Waals surface area (Å²) in [7, 11) is 0. The second-order valence-corrected chi connectivity index (χ2v) is 7.89. The zero-order chi connectivity index (χ0) is 19.1. The highest BCUT2D eigenvalue weighted by atomic mass is 32.1. The monoisotopic (exact) mass is 393 g/mol. The van der Waals surface area contributed by atoms with Crippen LogP contribution in [0.5, 0.6) is 0 Å². The van der Waals surface area contributed by atoms with Crippen LogP contribution in [0.1, 0.15) is 45.3 Å². The van der Waals surface area contributed by atoms with Crippen LogP contribution in [-0.4, -0.2) is 25.5 Å². The summed E-state index contributed by atoms with van der Waals surface area (Å²) >= 11 is 1.47. The zero-order valence-corrected chi connectivity index (χ0v) is 15.6. The zero-order valence-electron chi connectivity index (χ0n) is 14.8. The minimum Gasteiger partial charge on any atom is -0.298 e. The molecule has 140 valence electrons. The van der Waals surface area contributed by atoms with E-state index >= 15 is 0 Å². The van der Waals surface area contributed by atoms with Gasteiger partial charge in [0.15, 0.2) is 10.8 Å². The Kier molecular flexibility index (Phi) is 4.12. The van der Waals surface area contributed by atoms with Crippen LogP contribution in [-0.2, 0) is 6.42 Å². The molecule has 0 aliphatic heterocycles. The fourth-order valence-electron chi connectivity index (χ4n) is 3.16. The lowest BCUT2D eigenvalue weighted by molar-refractivity contribution is 0.102. The molecule has 8 heteroatoms. The van der Waals surface area contributed by atoms with Gasteiger partial charge in [0.05, 0.1) is 11.9 Å². The summed E-state index contributed by atoms with van der Waals surface area (Å²) in [5, 5.41) is 7.61. The Morgan fingerprint density at radius 2 is 2.11 bits per heavy atom. The number of fused-ring (bicyclic) bond motifs is 1. The molecule has 4 aromatic rings. The molecule has 1 aliphatic rings. The van der Waals surface area contributed by atoms with Crippen molar-refractivity contribution in [2.75, 3.05) is 5.32 Å². The number of aromatic nitrogens is 4. The highest BCUT2D eigenvalue weighted by Gasteiger charge is 2.30. The molecular formula is C20H16FN5OS. The molecular weight excluding hydrogens is 377 g/mol. The van der Waals surface area contributed by atoms with Crippen molar-refractivity contribution >= 4 is 28.0 Å². The standard InChI is InChI=1S/C20H16FN5OS/c21-14-6-2-12(3-7-14)10-16-17(13-4-5-13)24-20(28-16)25-19(27)15-11-23-26-9-1-8-22-18(15)26/h1-3,6-9,11,13H,4-5,10H2,(H,24,25,27). The number of nitrogens with one attached hydrogen (secondary N) is 1. The predicted octanol–water partition coefficient (Wildman–Crippen LogP) is 4.05. The van der Waals surface area contributed by atoms with Gasteiger partial charge < -0.3 is 0 Å². The Hall–Kier alpha value is -3.13. The quantitative estimate of drug-likeness (QED) is 0.555. The van der Waals surface area contributed by atoms with Crippen LogP contribution in [0, 0.1) is 5.82 Å². The van der Waals surface area contributed by atoms with Gasteiger partial charge in [0, 0.05) is 29.6 Å². The van der Waals surface area contributed by atoms with Crippen LogP contribution in [0.2, 0.25) is 0 Å². The largest absolute Gasteiger partial charge is 0.298 e. The molecule has 5 rings (SSSR count). The first-order chi connectivity index (χ1) is 13.7. The van der Waals surface area contributed by atoms with Crippen molar-refractivity contribution in [3.05, 3.63) is 76.4 Å². The van der Waals surface area contributed by atoms with E-state index in [1.165, 1.54) is 29.7 Å². The van der Waals surface area contributed by atoms with Crippen molar-refractivity contribution in [1.29, 1.82) is 0 Å². The molecule has 0 unspecified atom stereocenters. The number of carbonyl (C=O) groups is 1. The van der Waals surface area contributed by atoms with Crippen LogP contribution in [0.15, 0.2) is 48.9 Å². The van der Waals surface area contributed by atoms with Crippen molar-refractivity contribution < 1.29 is 9.18 Å². The molecule has 3 aromatic heterocycles. The summed E-state index contributed by atoms with van der Waals surface area (Å²) in [6.45, 7) is 0. The number of amides is 1. The number of nitrogens with zero attached hydrogens (tertiary/aromatic N) is 4. The first-order valence-corrected chi connectivity index (χ1v) is 9.83. The van der Waals surface area contributed by atoms with Gasteiger partial charge in [-0.05, 0) is 36.6 Å². The third-order valence-corrected chi connectivity index (χ3v) is 5.70. The average Bonchev–Trinajstić information content (AvgIpc) is 3.33. The summed E-state index contributed by atoms with van der Waals surface area (Å²) < 4.78 is 14.7. The van der Waals surface area contributed by atoms with E-state index in [9.17, 15) is 9.18 Å². The molecule has 28 heavy (non-hydrogen) atoms. The topological polar surface area (TPSA) is 72.2 Å². The molecule has 1 fully saturated rings. The summed E-state index contributed by atoms with van der Waals surface area (Å²) in [5.41, 5.74) is 2.98. The van der Waals surface area contributed by atoms with Gasteiger partial charge in [-0.1, -0.05) is 12.1 Å². The number of halogens is 1. The third-order valence-electron chi connectivity index (χ3n) is 4.71. The molecule has 1 amide bonds. The van der Waals surface area contributed by atoms with Gasteiger partial charge in [-0.2, -0.15) is 5.10 Å². The van der Waals surface area contributed by atoms with E-state index in [0.29, 0.717) is 28.7 Å². The van der Waals surface area contributed by atoms with E-state index in [1.807, 2.05) is 0 Å². The summed E-state index contributed by atoms with van der Waals surface area (Å²) in [6, 6.07) is 8.26. The van der Waals surface area contributed by atoms with Gasteiger partial charge in [0.25, 0.3) is 5.91 Å². The number of thiazole rings is 1. The number of benzene rings is 1. The lowest BCUT2D eigenvalue weighted by atomic mass is 10.1. The first kappa shape index (κ1) is 17.0. The average molecular weight is 393 g/mol. The summed E-state index contributed by atoms with van der Waals surface area (Å²) in [4.78, 5) is 22.7. The maximum Gasteiger partial charge on any atom is 0.262 e. The van der Waals surface area contributed by atoms with Crippen molar-refractivity contribution in [2.45, 2.75) is 25.2 Å². The maximum atomic E-state index is 13.2. The summed E-state index contributed by atoms with van der Waals surface area (Å²) in [6.07, 6.45) is 7.79. The molecule has 0 saturated heterocycles. The SMILES string of the molecule is O=C(Nc1nc(C2CC2)c(Cc2ccc(F)cc2)s1)c1cnn2cccnc12. The number of rotatable bonds is 5. The Morgan fingerprint density at radius 1 is 1.29 bits per heavy atom. The fraction of sp³-hybridized carbons (Fsp3) is 0.200. The van der Waals surface area contributed by atoms with Gasteiger partial charge in [0.1, 0.15) is 11.4 Å². The van der Waals surface area contributed by atoms with Crippen molar-refractivity contribution in [1.82, 2.24) is 19.6 Å². The third kappa shape index (κ3) is 3.27. The Morgan fingerprint density at radius 3 is 2.89 bits per heavy atom. The smallest absolute Gasteiger partial charge is 0.262 e. The second-order valence-electron chi connectivity index (χ2n) is 6.81. The highest BCUT2D eigenvalue weighted by molar-refractivity contribution is 7.16. The number of hydrogen-bond acceptors (Lipinski definition) is 5. The van der Waals surface area contributed by atoms with Gasteiger partial charge in [0.2, 0.25) is 0 Å². The van der Waals surface area contributed by atoms with Gasteiger partial charge in [-0.3, -0.25) is 10.1 Å². The van der Waals surface area contributed by atoms with E-state index in [4.69, 9.17) is 0 Å². The molecule has 0 atom stereocenters. The van der Waals surface area contributed by atoms with Crippen LogP contribution in [0.25, 0.3) is 5.65 Å². The molecule has 1 aromatic carbocycles. The van der Waals surface area contributed by atoms with Gasteiger partial charge in [-0.15, -0.1) is 11.3 Å². The fourth-order valence-corrected chi connectivity index (χ4v) is 4.24. The molecule has 1 N–H and O–H groups in total. The molecule has 3 heterocycles. The predicted molar refractivity (Wildman–Crippen MR) is 104 cm³/mol. The first-order valence-electron chi connectivity index (χ1n) is 9.01. The minimum absolute atomic E-state index is 0.245. The van der Waals surface area contributed by atoms with E-state index in [1.54, 1.807) is 35.1 Å². The number of carbonyl (C=O) groups excluding carboxylic acids is 1. The highest BCUT2D eigenvalue weighted by Crippen LogP contribution is 2.44. The van der Waals surface area contributed by atoms with Gasteiger partial charge >= 0.3 is 0 Å². The van der Waals surface area contributed by atoms with Crippen molar-refractivity contribution in [3.8, 4) is 0 Å². The van der Waals surface area contributed by atoms with Crippen LogP contribution in [0.3, 0.4) is 0 Å². The van der Waals surface area contributed by atoms with Gasteiger partial charge in [-0.25, -0.2) is 18.9 Å². The Labute approximate surface area is 164 Å². The lowest BCUT2D eigenvalue weighted by Crippen LogP contribution is -2.11. The molecule has 0 spiro atoms.